The fourth-order valence-electron chi connectivity index (χ4n) is 1.19. The first-order valence-electron chi connectivity index (χ1n) is 4.98. The minimum absolute atomic E-state index is 0.0413. The molecule has 6 heteroatoms. The van der Waals surface area contributed by atoms with E-state index in [0.717, 1.165) is 11.9 Å². The van der Waals surface area contributed by atoms with E-state index in [9.17, 15) is 4.39 Å². The lowest BCUT2D eigenvalue weighted by Crippen LogP contribution is -2.09. The Kier molecular flexibility index (Phi) is 3.34. The van der Waals surface area contributed by atoms with Gasteiger partial charge in [0.15, 0.2) is 11.6 Å². The number of halogens is 1. The predicted octanol–water partition coefficient (Wildman–Crippen LogP) is 2.06. The maximum atomic E-state index is 13.1. The Labute approximate surface area is 97.6 Å². The summed E-state index contributed by atoms with van der Waals surface area (Å²) in [5.41, 5.74) is 3.41. The van der Waals surface area contributed by atoms with Gasteiger partial charge in [0.2, 0.25) is 0 Å². The molecular formula is C11H11FN4O. The Bertz CT molecular complexity index is 492. The smallest absolute Gasteiger partial charge is 0.344 e. The summed E-state index contributed by atoms with van der Waals surface area (Å²) >= 11 is 0. The van der Waals surface area contributed by atoms with E-state index in [1.165, 1.54) is 0 Å². The van der Waals surface area contributed by atoms with Gasteiger partial charge in [-0.05, 0) is 12.1 Å². The summed E-state index contributed by atoms with van der Waals surface area (Å²) in [6.45, 7) is 0. The Morgan fingerprint density at radius 3 is 2.71 bits per heavy atom. The minimum atomic E-state index is -0.528. The first-order valence-corrected chi connectivity index (χ1v) is 4.98. The third-order valence-corrected chi connectivity index (χ3v) is 1.99. The minimum Gasteiger partial charge on any atom is -0.370 e. The van der Waals surface area contributed by atoms with Gasteiger partial charge in [-0.1, -0.05) is 18.2 Å². The van der Waals surface area contributed by atoms with Gasteiger partial charge < -0.3 is 10.2 Å². The van der Waals surface area contributed by atoms with Crippen molar-refractivity contribution in [2.45, 2.75) is 0 Å². The highest BCUT2D eigenvalue weighted by Gasteiger charge is 2.05. The van der Waals surface area contributed by atoms with Gasteiger partial charge in [0, 0.05) is 7.05 Å². The Morgan fingerprint density at radius 1 is 1.24 bits per heavy atom. The van der Waals surface area contributed by atoms with Gasteiger partial charge >= 0.3 is 6.01 Å². The molecule has 0 unspecified atom stereocenters. The molecule has 1 aromatic carbocycles. The van der Waals surface area contributed by atoms with Gasteiger partial charge in [0.25, 0.3) is 0 Å². The van der Waals surface area contributed by atoms with E-state index in [0.29, 0.717) is 0 Å². The van der Waals surface area contributed by atoms with Crippen LogP contribution in [0.2, 0.25) is 0 Å². The second kappa shape index (κ2) is 5.11. The molecule has 1 heterocycles. The van der Waals surface area contributed by atoms with Gasteiger partial charge in [-0.15, -0.1) is 0 Å². The quantitative estimate of drug-likeness (QED) is 0.793. The molecule has 2 rings (SSSR count). The van der Waals surface area contributed by atoms with Crippen molar-refractivity contribution in [3.8, 4) is 6.01 Å². The van der Waals surface area contributed by atoms with Crippen molar-refractivity contribution in [1.29, 1.82) is 0 Å². The number of nitrogens with one attached hydrogen (secondary N) is 2. The Morgan fingerprint density at radius 2 is 2.00 bits per heavy atom. The molecule has 0 amide bonds. The number of anilines is 2. The van der Waals surface area contributed by atoms with E-state index in [4.69, 9.17) is 4.84 Å². The lowest BCUT2D eigenvalue weighted by Gasteiger charge is -2.07. The number of benzene rings is 1. The molecular weight excluding hydrogens is 223 g/mol. The van der Waals surface area contributed by atoms with Crippen molar-refractivity contribution < 1.29 is 9.23 Å². The zero-order chi connectivity index (χ0) is 12.1. The van der Waals surface area contributed by atoms with Crippen LogP contribution in [0.1, 0.15) is 0 Å². The van der Waals surface area contributed by atoms with Crippen LogP contribution < -0.4 is 15.6 Å². The lowest BCUT2D eigenvalue weighted by atomic mass is 10.3. The summed E-state index contributed by atoms with van der Waals surface area (Å²) in [5.74, 6) is -0.440. The van der Waals surface area contributed by atoms with Crippen molar-refractivity contribution in [1.82, 2.24) is 9.97 Å². The zero-order valence-corrected chi connectivity index (χ0v) is 9.14. The molecule has 0 saturated carbocycles. The second-order valence-corrected chi connectivity index (χ2v) is 3.17. The monoisotopic (exact) mass is 234 g/mol. The molecule has 0 bridgehead atoms. The maximum Gasteiger partial charge on any atom is 0.344 e. The topological polar surface area (TPSA) is 59.1 Å². The number of hydrogen-bond donors (Lipinski definition) is 2. The first-order chi connectivity index (χ1) is 8.29. The van der Waals surface area contributed by atoms with E-state index >= 15 is 0 Å². The van der Waals surface area contributed by atoms with Crippen LogP contribution in [0.3, 0.4) is 0 Å². The average molecular weight is 234 g/mol. The van der Waals surface area contributed by atoms with Crippen LogP contribution in [0.4, 0.5) is 15.9 Å². The molecule has 2 N–H and O–H groups in total. The Balaban J connectivity index is 2.04. The SMILES string of the molecule is CNc1nc(ONc2ccccc2)ncc1F. The standard InChI is InChI=1S/C11H11FN4O/c1-13-10-9(12)7-14-11(15-10)17-16-8-5-3-2-4-6-8/h2-7,16H,1H3,(H,13,14,15). The first kappa shape index (κ1) is 11.1. The highest BCUT2D eigenvalue weighted by Crippen LogP contribution is 2.13. The fourth-order valence-corrected chi connectivity index (χ4v) is 1.19. The zero-order valence-electron chi connectivity index (χ0n) is 9.14. The molecule has 88 valence electrons. The number of nitrogens with zero attached hydrogens (tertiary/aromatic N) is 2. The second-order valence-electron chi connectivity index (χ2n) is 3.17. The van der Waals surface area contributed by atoms with Crippen LogP contribution >= 0.6 is 0 Å². The molecule has 0 atom stereocenters. The van der Waals surface area contributed by atoms with E-state index < -0.39 is 5.82 Å². The van der Waals surface area contributed by atoms with Crippen LogP contribution in [0.25, 0.3) is 0 Å². The van der Waals surface area contributed by atoms with Crippen LogP contribution in [0.15, 0.2) is 36.5 Å². The summed E-state index contributed by atoms with van der Waals surface area (Å²) in [6, 6.07) is 9.29. The van der Waals surface area contributed by atoms with Gasteiger partial charge in [0.1, 0.15) is 0 Å². The molecule has 17 heavy (non-hydrogen) atoms. The van der Waals surface area contributed by atoms with Crippen LogP contribution in [0, 0.1) is 5.82 Å². The lowest BCUT2D eigenvalue weighted by molar-refractivity contribution is 0.369. The number of hydrogen-bond acceptors (Lipinski definition) is 5. The highest BCUT2D eigenvalue weighted by molar-refractivity contribution is 5.41. The average Bonchev–Trinajstić information content (AvgIpc) is 2.39. The summed E-state index contributed by atoms with van der Waals surface area (Å²) in [6.07, 6.45) is 1.04. The predicted molar refractivity (Wildman–Crippen MR) is 62.2 cm³/mol. The largest absolute Gasteiger partial charge is 0.370 e. The van der Waals surface area contributed by atoms with Crippen molar-refractivity contribution in [3.63, 3.8) is 0 Å². The van der Waals surface area contributed by atoms with Crippen molar-refractivity contribution in [3.05, 3.63) is 42.3 Å². The molecule has 2 aromatic rings. The molecule has 0 spiro atoms. The molecule has 5 nitrogen and oxygen atoms in total. The third-order valence-electron chi connectivity index (χ3n) is 1.99. The highest BCUT2D eigenvalue weighted by atomic mass is 19.1. The molecule has 0 radical (unpaired) electrons. The summed E-state index contributed by atoms with van der Waals surface area (Å²) in [4.78, 5) is 12.6. The fraction of sp³-hybridized carbons (Fsp3) is 0.0909. The van der Waals surface area contributed by atoms with Gasteiger partial charge in [0.05, 0.1) is 11.9 Å². The van der Waals surface area contributed by atoms with Gasteiger partial charge in [-0.2, -0.15) is 9.97 Å². The van der Waals surface area contributed by atoms with Crippen LogP contribution in [0.5, 0.6) is 6.01 Å². The molecule has 1 aromatic heterocycles. The molecule has 0 fully saturated rings. The summed E-state index contributed by atoms with van der Waals surface area (Å²) in [5, 5.41) is 2.60. The summed E-state index contributed by atoms with van der Waals surface area (Å²) in [7, 11) is 1.57. The van der Waals surface area contributed by atoms with E-state index in [2.05, 4.69) is 20.8 Å². The number of aromatic nitrogens is 2. The summed E-state index contributed by atoms with van der Waals surface area (Å²) < 4.78 is 13.1. The number of rotatable bonds is 4. The molecule has 0 aliphatic carbocycles. The van der Waals surface area contributed by atoms with Crippen LogP contribution in [-0.4, -0.2) is 17.0 Å². The Hall–Kier alpha value is -2.37. The van der Waals surface area contributed by atoms with E-state index in [1.807, 2.05) is 30.3 Å². The third kappa shape index (κ3) is 2.81. The van der Waals surface area contributed by atoms with E-state index in [-0.39, 0.29) is 11.8 Å². The van der Waals surface area contributed by atoms with Gasteiger partial charge in [-0.25, -0.2) is 9.87 Å². The van der Waals surface area contributed by atoms with Gasteiger partial charge in [-0.3, -0.25) is 0 Å². The maximum absolute atomic E-state index is 13.1. The number of para-hydroxylation sites is 1. The molecule has 0 aliphatic rings. The van der Waals surface area contributed by atoms with Crippen molar-refractivity contribution in [2.24, 2.45) is 0 Å². The molecule has 0 saturated heterocycles. The normalized spacial score (nSPS) is 9.76. The van der Waals surface area contributed by atoms with Crippen LogP contribution in [-0.2, 0) is 0 Å². The van der Waals surface area contributed by atoms with Crippen molar-refractivity contribution in [2.75, 3.05) is 17.8 Å². The van der Waals surface area contributed by atoms with Crippen molar-refractivity contribution >= 4 is 11.5 Å². The molecule has 0 aliphatic heterocycles. The van der Waals surface area contributed by atoms with E-state index in [1.54, 1.807) is 7.05 Å².